The SMILES string of the molecule is CC(C)C1=C2CC=CC3=C2C(C=C1)c1ccc2c4c(ccc3c14)C(=O)N(CC(=O)O)C2=O. The second-order valence-corrected chi connectivity index (χ2v) is 9.06. The standard InChI is InChI=1S/C27H21NO4/c1-13(2)14-6-7-17-19-9-11-21-25-20(26(31)28(27(21)32)12-22(29)30)10-8-18(24(19)25)16-5-3-4-15(14)23(16)17/h3,5-11,13,17H,4,12H2,1-2H3,(H,29,30). The summed E-state index contributed by atoms with van der Waals surface area (Å²) in [4.78, 5) is 38.3. The van der Waals surface area contributed by atoms with Gasteiger partial charge in [0.2, 0.25) is 0 Å². The fraction of sp³-hybridized carbons (Fsp3) is 0.222. The lowest BCUT2D eigenvalue weighted by Crippen LogP contribution is -2.43. The third-order valence-electron chi connectivity index (χ3n) is 7.03. The molecule has 3 aliphatic carbocycles. The van der Waals surface area contributed by atoms with Crippen LogP contribution in [0.3, 0.4) is 0 Å². The minimum absolute atomic E-state index is 0.0755. The molecule has 158 valence electrons. The molecule has 1 unspecified atom stereocenters. The average molecular weight is 423 g/mol. The van der Waals surface area contributed by atoms with Crippen molar-refractivity contribution in [1.29, 1.82) is 0 Å². The van der Waals surface area contributed by atoms with Crippen molar-refractivity contribution in [3.63, 3.8) is 0 Å². The van der Waals surface area contributed by atoms with Crippen molar-refractivity contribution in [3.05, 3.63) is 87.5 Å². The molecule has 1 aliphatic heterocycles. The molecular formula is C27H21NO4. The van der Waals surface area contributed by atoms with Crippen molar-refractivity contribution in [2.75, 3.05) is 6.54 Å². The van der Waals surface area contributed by atoms with Gasteiger partial charge in [-0.05, 0) is 63.3 Å². The molecule has 32 heavy (non-hydrogen) atoms. The molecular weight excluding hydrogens is 402 g/mol. The van der Waals surface area contributed by atoms with Crippen molar-refractivity contribution in [3.8, 4) is 0 Å². The second kappa shape index (κ2) is 6.39. The topological polar surface area (TPSA) is 74.7 Å². The van der Waals surface area contributed by atoms with Gasteiger partial charge in [-0.25, -0.2) is 0 Å². The van der Waals surface area contributed by atoms with E-state index < -0.39 is 24.3 Å². The highest BCUT2D eigenvalue weighted by Gasteiger charge is 2.39. The maximum atomic E-state index is 13.1. The van der Waals surface area contributed by atoms with Gasteiger partial charge in [-0.1, -0.05) is 50.3 Å². The molecule has 0 bridgehead atoms. The lowest BCUT2D eigenvalue weighted by atomic mass is 9.67. The number of amides is 2. The number of benzene rings is 2. The van der Waals surface area contributed by atoms with Crippen molar-refractivity contribution < 1.29 is 19.5 Å². The molecule has 1 heterocycles. The summed E-state index contributed by atoms with van der Waals surface area (Å²) in [5.41, 5.74) is 8.14. The minimum atomic E-state index is -1.21. The maximum Gasteiger partial charge on any atom is 0.323 e. The first-order chi connectivity index (χ1) is 15.4. The second-order valence-electron chi connectivity index (χ2n) is 9.06. The number of carbonyl (C=O) groups excluding carboxylic acids is 2. The number of imide groups is 1. The summed E-state index contributed by atoms with van der Waals surface area (Å²) in [6.07, 6.45) is 9.74. The Balaban J connectivity index is 1.66. The van der Waals surface area contributed by atoms with Crippen LogP contribution in [0.5, 0.6) is 0 Å². The normalized spacial score (nSPS) is 20.6. The quantitative estimate of drug-likeness (QED) is 0.716. The average Bonchev–Trinajstić information content (AvgIpc) is 2.78. The smallest absolute Gasteiger partial charge is 0.323 e. The van der Waals surface area contributed by atoms with Crippen LogP contribution in [-0.4, -0.2) is 34.3 Å². The number of hydrogen-bond acceptors (Lipinski definition) is 3. The van der Waals surface area contributed by atoms with E-state index in [4.69, 9.17) is 0 Å². The minimum Gasteiger partial charge on any atom is -0.480 e. The van der Waals surface area contributed by atoms with Crippen LogP contribution in [-0.2, 0) is 4.79 Å². The molecule has 1 N–H and O–H groups in total. The van der Waals surface area contributed by atoms with Gasteiger partial charge in [0.1, 0.15) is 6.54 Å². The molecule has 2 aromatic carbocycles. The molecule has 1 atom stereocenters. The Hall–Kier alpha value is -3.73. The van der Waals surface area contributed by atoms with Crippen molar-refractivity contribution >= 4 is 34.1 Å². The zero-order chi connectivity index (χ0) is 22.3. The first-order valence-electron chi connectivity index (χ1n) is 10.9. The van der Waals surface area contributed by atoms with Crippen molar-refractivity contribution in [2.24, 2.45) is 5.92 Å². The largest absolute Gasteiger partial charge is 0.480 e. The van der Waals surface area contributed by atoms with E-state index in [-0.39, 0.29) is 5.92 Å². The van der Waals surface area contributed by atoms with Crippen LogP contribution in [0.25, 0.3) is 16.3 Å². The summed E-state index contributed by atoms with van der Waals surface area (Å²) >= 11 is 0. The van der Waals surface area contributed by atoms with Gasteiger partial charge in [-0.2, -0.15) is 0 Å². The van der Waals surface area contributed by atoms with Crippen LogP contribution < -0.4 is 0 Å². The molecule has 5 nitrogen and oxygen atoms in total. The van der Waals surface area contributed by atoms with Crippen molar-refractivity contribution in [2.45, 2.75) is 26.2 Å². The van der Waals surface area contributed by atoms with E-state index in [0.29, 0.717) is 22.4 Å². The van der Waals surface area contributed by atoms with E-state index >= 15 is 0 Å². The third kappa shape index (κ3) is 2.31. The maximum absolute atomic E-state index is 13.1. The highest BCUT2D eigenvalue weighted by molar-refractivity contribution is 6.28. The predicted molar refractivity (Wildman–Crippen MR) is 121 cm³/mol. The van der Waals surface area contributed by atoms with Gasteiger partial charge in [0.15, 0.2) is 0 Å². The van der Waals surface area contributed by atoms with E-state index in [1.165, 1.54) is 16.7 Å². The van der Waals surface area contributed by atoms with Crippen LogP contribution in [0.1, 0.15) is 58.0 Å². The number of allylic oxidation sites excluding steroid dienone is 8. The highest BCUT2D eigenvalue weighted by Crippen LogP contribution is 2.53. The lowest BCUT2D eigenvalue weighted by Gasteiger charge is -2.37. The molecule has 2 aromatic rings. The van der Waals surface area contributed by atoms with Crippen molar-refractivity contribution in [1.82, 2.24) is 4.90 Å². The molecule has 6 rings (SSSR count). The zero-order valence-electron chi connectivity index (χ0n) is 17.8. The molecule has 0 saturated carbocycles. The molecule has 0 spiro atoms. The summed E-state index contributed by atoms with van der Waals surface area (Å²) in [6, 6.07) is 7.44. The Morgan fingerprint density at radius 2 is 1.72 bits per heavy atom. The number of rotatable bonds is 3. The Morgan fingerprint density at radius 3 is 2.41 bits per heavy atom. The van der Waals surface area contributed by atoms with Crippen LogP contribution in [0.15, 0.2) is 65.3 Å². The summed E-state index contributed by atoms with van der Waals surface area (Å²) < 4.78 is 0. The summed E-state index contributed by atoms with van der Waals surface area (Å²) in [6.45, 7) is 3.79. The number of carboxylic acid groups (broad SMARTS) is 1. The predicted octanol–water partition coefficient (Wildman–Crippen LogP) is 4.85. The Labute approximate surface area is 185 Å². The monoisotopic (exact) mass is 423 g/mol. The zero-order valence-corrected chi connectivity index (χ0v) is 17.8. The van der Waals surface area contributed by atoms with Crippen LogP contribution >= 0.6 is 0 Å². The van der Waals surface area contributed by atoms with E-state index in [1.54, 1.807) is 12.1 Å². The number of carboxylic acids is 1. The van der Waals surface area contributed by atoms with E-state index in [9.17, 15) is 19.5 Å². The Morgan fingerprint density at radius 1 is 1.03 bits per heavy atom. The summed E-state index contributed by atoms with van der Waals surface area (Å²) in [7, 11) is 0. The van der Waals surface area contributed by atoms with Gasteiger partial charge in [0.25, 0.3) is 11.8 Å². The number of hydrogen-bond donors (Lipinski definition) is 1. The molecule has 0 aromatic heterocycles. The van der Waals surface area contributed by atoms with Gasteiger partial charge in [-0.3, -0.25) is 19.3 Å². The van der Waals surface area contributed by atoms with Gasteiger partial charge in [0, 0.05) is 22.4 Å². The molecule has 0 radical (unpaired) electrons. The molecule has 0 fully saturated rings. The Kier molecular flexibility index (Phi) is 3.79. The number of carbonyl (C=O) groups is 3. The van der Waals surface area contributed by atoms with Crippen LogP contribution in [0.4, 0.5) is 0 Å². The summed E-state index contributed by atoms with van der Waals surface area (Å²) in [5.74, 6) is -1.81. The number of nitrogens with zero attached hydrogens (tertiary/aromatic N) is 1. The van der Waals surface area contributed by atoms with E-state index in [2.05, 4.69) is 38.2 Å². The van der Waals surface area contributed by atoms with E-state index in [0.717, 1.165) is 33.4 Å². The van der Waals surface area contributed by atoms with Gasteiger partial charge < -0.3 is 5.11 Å². The third-order valence-corrected chi connectivity index (χ3v) is 7.03. The first kappa shape index (κ1) is 19.0. The van der Waals surface area contributed by atoms with Crippen LogP contribution in [0.2, 0.25) is 0 Å². The van der Waals surface area contributed by atoms with Gasteiger partial charge >= 0.3 is 5.97 Å². The first-order valence-corrected chi connectivity index (χ1v) is 10.9. The van der Waals surface area contributed by atoms with Crippen LogP contribution in [0, 0.1) is 5.92 Å². The fourth-order valence-electron chi connectivity index (χ4n) is 5.74. The molecule has 0 saturated heterocycles. The molecule has 2 amide bonds. The molecule has 4 aliphatic rings. The Bertz CT molecular complexity index is 1390. The highest BCUT2D eigenvalue weighted by atomic mass is 16.4. The number of fused-ring (bicyclic) bond motifs is 2. The summed E-state index contributed by atoms with van der Waals surface area (Å²) in [5, 5.41) is 10.8. The number of aliphatic carboxylic acids is 1. The van der Waals surface area contributed by atoms with E-state index in [1.807, 2.05) is 12.1 Å². The molecule has 5 heteroatoms. The van der Waals surface area contributed by atoms with Gasteiger partial charge in [0.05, 0.1) is 0 Å². The lowest BCUT2D eigenvalue weighted by molar-refractivity contribution is -0.137. The van der Waals surface area contributed by atoms with Gasteiger partial charge in [-0.15, -0.1) is 0 Å². The fourth-order valence-corrected chi connectivity index (χ4v) is 5.74.